The minimum absolute atomic E-state index is 0.0921. The molecular weight excluding hydrogens is 585 g/mol. The van der Waals surface area contributed by atoms with Gasteiger partial charge in [-0.15, -0.1) is 0 Å². The molecule has 2 atom stereocenters. The zero-order valence-corrected chi connectivity index (χ0v) is 25.7. The van der Waals surface area contributed by atoms with Crippen molar-refractivity contribution in [1.29, 1.82) is 0 Å². The van der Waals surface area contributed by atoms with Gasteiger partial charge in [0.1, 0.15) is 5.69 Å². The Bertz CT molecular complexity index is 1630. The van der Waals surface area contributed by atoms with Crippen LogP contribution in [0.1, 0.15) is 49.9 Å². The molecule has 0 unspecified atom stereocenters. The maximum absolute atomic E-state index is 12.6. The third kappa shape index (κ3) is 6.41. The van der Waals surface area contributed by atoms with Crippen LogP contribution in [0.15, 0.2) is 48.8 Å². The molecule has 214 valence electrons. The van der Waals surface area contributed by atoms with Gasteiger partial charge in [0, 0.05) is 22.3 Å². The summed E-state index contributed by atoms with van der Waals surface area (Å²) >= 11 is 13.8. The van der Waals surface area contributed by atoms with Crippen LogP contribution < -0.4 is 14.2 Å². The zero-order chi connectivity index (χ0) is 29.9. The number of halogens is 2. The molecule has 0 aliphatic heterocycles. The summed E-state index contributed by atoms with van der Waals surface area (Å²) in [5.41, 5.74) is 4.09. The number of hydrogen-bond donors (Lipinski definition) is 1. The largest absolute Gasteiger partial charge is 0.480 e. The molecule has 12 heteroatoms. The summed E-state index contributed by atoms with van der Waals surface area (Å²) < 4.78 is 26.0. The summed E-state index contributed by atoms with van der Waals surface area (Å²) in [4.78, 5) is 29.0. The second-order valence-corrected chi connectivity index (χ2v) is 12.7. The maximum atomic E-state index is 12.6. The monoisotopic (exact) mass is 613 g/mol. The van der Waals surface area contributed by atoms with Crippen LogP contribution in [0.2, 0.25) is 10.0 Å². The number of ether oxygens (including phenoxy) is 2. The highest BCUT2D eigenvalue weighted by molar-refractivity contribution is 7.84. The van der Waals surface area contributed by atoms with Gasteiger partial charge >= 0.3 is 0 Å². The number of nitrogens with one attached hydrogen (secondary N) is 1. The fourth-order valence-electron chi connectivity index (χ4n) is 3.97. The molecule has 2 aromatic heterocycles. The smallest absolute Gasteiger partial charge is 0.243 e. The Kier molecular flexibility index (Phi) is 9.38. The lowest BCUT2D eigenvalue weighted by Crippen LogP contribution is -2.35. The lowest BCUT2D eigenvalue weighted by Gasteiger charge is -2.22. The number of hydrogen-bond acceptors (Lipinski definition) is 8. The summed E-state index contributed by atoms with van der Waals surface area (Å²) in [6.07, 6.45) is 3.65. The maximum Gasteiger partial charge on any atom is 0.243 e. The Balaban J connectivity index is 1.73. The van der Waals surface area contributed by atoms with Crippen molar-refractivity contribution in [3.63, 3.8) is 0 Å². The van der Waals surface area contributed by atoms with Gasteiger partial charge in [-0.05, 0) is 27.7 Å². The molecule has 0 aliphatic rings. The molecule has 1 N–H and O–H groups in total. The third-order valence-corrected chi connectivity index (χ3v) is 8.62. The first-order chi connectivity index (χ1) is 19.5. The zero-order valence-electron chi connectivity index (χ0n) is 23.4. The van der Waals surface area contributed by atoms with Gasteiger partial charge in [0.25, 0.3) is 0 Å². The molecule has 0 saturated heterocycles. The van der Waals surface area contributed by atoms with Gasteiger partial charge in [0.05, 0.1) is 69.8 Å². The summed E-state index contributed by atoms with van der Waals surface area (Å²) in [6, 6.07) is 10.6. The van der Waals surface area contributed by atoms with E-state index in [2.05, 4.69) is 24.7 Å². The van der Waals surface area contributed by atoms with E-state index in [4.69, 9.17) is 32.7 Å². The number of aromatic nitrogens is 4. The highest BCUT2D eigenvalue weighted by Gasteiger charge is 2.25. The molecule has 4 rings (SSSR count). The van der Waals surface area contributed by atoms with E-state index in [1.807, 2.05) is 58.0 Å². The van der Waals surface area contributed by atoms with Crippen LogP contribution in [-0.2, 0) is 11.0 Å². The van der Waals surface area contributed by atoms with Gasteiger partial charge in [-0.25, -0.2) is 23.9 Å². The quantitative estimate of drug-likeness (QED) is 0.212. The van der Waals surface area contributed by atoms with E-state index >= 15 is 0 Å². The van der Waals surface area contributed by atoms with Crippen molar-refractivity contribution in [1.82, 2.24) is 24.7 Å². The van der Waals surface area contributed by atoms with Gasteiger partial charge in [-0.3, -0.25) is 9.78 Å². The summed E-state index contributed by atoms with van der Waals surface area (Å²) in [5.74, 6) is 0.394. The molecule has 0 amide bonds. The molecule has 0 spiro atoms. The predicted octanol–water partition coefficient (Wildman–Crippen LogP) is 6.52. The Morgan fingerprint density at radius 1 is 0.854 bits per heavy atom. The topological polar surface area (TPSA) is 116 Å². The van der Waals surface area contributed by atoms with Crippen molar-refractivity contribution in [3.05, 3.63) is 70.2 Å². The van der Waals surface area contributed by atoms with Crippen molar-refractivity contribution >= 4 is 40.5 Å². The molecule has 2 aromatic carbocycles. The van der Waals surface area contributed by atoms with Crippen LogP contribution in [-0.4, -0.2) is 49.4 Å². The molecule has 0 saturated carbocycles. The highest BCUT2D eigenvalue weighted by atomic mass is 35.5. The van der Waals surface area contributed by atoms with Gasteiger partial charge in [0.2, 0.25) is 11.8 Å². The van der Waals surface area contributed by atoms with Crippen LogP contribution in [0.3, 0.4) is 0 Å². The van der Waals surface area contributed by atoms with E-state index in [9.17, 15) is 9.00 Å². The first-order valence-corrected chi connectivity index (χ1v) is 14.4. The van der Waals surface area contributed by atoms with E-state index < -0.39 is 15.7 Å². The lowest BCUT2D eigenvalue weighted by atomic mass is 9.98. The number of rotatable bonds is 9. The molecule has 0 bridgehead atoms. The average molecular weight is 615 g/mol. The first-order valence-electron chi connectivity index (χ1n) is 12.5. The molecule has 2 heterocycles. The number of nitrogens with zero attached hydrogens (tertiary/aromatic N) is 4. The Morgan fingerprint density at radius 2 is 1.34 bits per heavy atom. The van der Waals surface area contributed by atoms with E-state index in [0.29, 0.717) is 61.5 Å². The van der Waals surface area contributed by atoms with Crippen molar-refractivity contribution < 1.29 is 18.5 Å². The van der Waals surface area contributed by atoms with Crippen LogP contribution in [0.25, 0.3) is 33.6 Å². The number of carbonyl (C=O) groups excluding carboxylic acids is 1. The molecule has 0 aliphatic carbocycles. The van der Waals surface area contributed by atoms with E-state index in [1.165, 1.54) is 20.4 Å². The normalized spacial score (nSPS) is 13.0. The van der Waals surface area contributed by atoms with Crippen LogP contribution in [0.4, 0.5) is 0 Å². The predicted molar refractivity (Wildman–Crippen MR) is 162 cm³/mol. The van der Waals surface area contributed by atoms with E-state index in [-0.39, 0.29) is 17.6 Å². The number of benzene rings is 2. The third-order valence-electron chi connectivity index (χ3n) is 6.12. The van der Waals surface area contributed by atoms with Crippen LogP contribution in [0, 0.1) is 0 Å². The van der Waals surface area contributed by atoms with Crippen molar-refractivity contribution in [2.75, 3.05) is 14.2 Å². The molecule has 0 fully saturated rings. The standard InChI is InChI=1S/C29H29Cl2N5O4S/c1-16(36-41(38)29(2,3)4)26-28(40-6)35-22(14-33-26)20-12-8-10-18(25(20)31)17-9-7-11-19(24(17)30)21-13-32-23(15-37)27(34-21)39-5/h7-16,36H,1-6H3/t16-,41-/m1/s1. The molecule has 0 radical (unpaired) electrons. The van der Waals surface area contributed by atoms with Crippen molar-refractivity contribution in [2.45, 2.75) is 38.5 Å². The molecule has 9 nitrogen and oxygen atoms in total. The van der Waals surface area contributed by atoms with E-state index in [1.54, 1.807) is 12.3 Å². The molecule has 41 heavy (non-hydrogen) atoms. The second kappa shape index (κ2) is 12.6. The van der Waals surface area contributed by atoms with Gasteiger partial charge in [0.15, 0.2) is 12.0 Å². The number of carbonyl (C=O) groups is 1. The SMILES string of the molecule is COc1nc(-c2cccc(-c3cccc(-c4cnc([C@@H](C)N[S@](=O)C(C)(C)C)c(OC)n4)c3Cl)c2Cl)cnc1C=O. The lowest BCUT2D eigenvalue weighted by molar-refractivity contribution is 0.111. The second-order valence-electron chi connectivity index (χ2n) is 9.97. The molecule has 4 aromatic rings. The Labute approximate surface area is 251 Å². The minimum atomic E-state index is -1.31. The van der Waals surface area contributed by atoms with E-state index in [0.717, 1.165) is 0 Å². The van der Waals surface area contributed by atoms with Crippen molar-refractivity contribution in [3.8, 4) is 45.4 Å². The van der Waals surface area contributed by atoms with Gasteiger partial charge < -0.3 is 9.47 Å². The Morgan fingerprint density at radius 3 is 1.83 bits per heavy atom. The molecular formula is C29H29Cl2N5O4S. The fourth-order valence-corrected chi connectivity index (χ4v) is 5.40. The highest BCUT2D eigenvalue weighted by Crippen LogP contribution is 2.42. The number of methoxy groups -OCH3 is 2. The van der Waals surface area contributed by atoms with Gasteiger partial charge in [-0.1, -0.05) is 59.6 Å². The average Bonchev–Trinajstić information content (AvgIpc) is 2.96. The summed E-state index contributed by atoms with van der Waals surface area (Å²) in [5, 5.41) is 0.808. The summed E-state index contributed by atoms with van der Waals surface area (Å²) in [7, 11) is 1.62. The first kappa shape index (κ1) is 30.5. The van der Waals surface area contributed by atoms with Gasteiger partial charge in [-0.2, -0.15) is 0 Å². The minimum Gasteiger partial charge on any atom is -0.480 e. The van der Waals surface area contributed by atoms with Crippen LogP contribution >= 0.6 is 23.2 Å². The van der Waals surface area contributed by atoms with Crippen LogP contribution in [0.5, 0.6) is 11.8 Å². The van der Waals surface area contributed by atoms with Crippen molar-refractivity contribution in [2.24, 2.45) is 0 Å². The summed E-state index contributed by atoms with van der Waals surface area (Å²) in [6.45, 7) is 7.52. The number of aldehydes is 1. The fraction of sp³-hybridized carbons (Fsp3) is 0.276. The Hall–Kier alpha value is -3.44.